The summed E-state index contributed by atoms with van der Waals surface area (Å²) in [4.78, 5) is 13.1. The Labute approximate surface area is 182 Å². The summed E-state index contributed by atoms with van der Waals surface area (Å²) in [5.41, 5.74) is 1.96. The molecule has 0 aliphatic heterocycles. The predicted octanol–water partition coefficient (Wildman–Crippen LogP) is 3.35. The number of halogens is 1. The molecule has 2 rings (SSSR count). The quantitative estimate of drug-likeness (QED) is 0.592. The van der Waals surface area contributed by atoms with Gasteiger partial charge in [0.05, 0.1) is 4.90 Å². The molecule has 0 radical (unpaired) electrons. The van der Waals surface area contributed by atoms with Crippen LogP contribution >= 0.6 is 11.6 Å². The molecule has 30 heavy (non-hydrogen) atoms. The smallest absolute Gasteiger partial charge is 0.341 e. The predicted molar refractivity (Wildman–Crippen MR) is 118 cm³/mol. The summed E-state index contributed by atoms with van der Waals surface area (Å²) in [7, 11) is 1.76. The first kappa shape index (κ1) is 24.1. The molecule has 0 heterocycles. The van der Waals surface area contributed by atoms with E-state index in [1.807, 2.05) is 25.9 Å². The molecule has 0 saturated heterocycles. The fourth-order valence-corrected chi connectivity index (χ4v) is 4.35. The molecule has 0 bridgehead atoms. The van der Waals surface area contributed by atoms with Crippen LogP contribution in [0.15, 0.2) is 41.3 Å². The van der Waals surface area contributed by atoms with E-state index in [2.05, 4.69) is 0 Å². The maximum absolute atomic E-state index is 13.0. The highest BCUT2D eigenvalue weighted by molar-refractivity contribution is 7.89. The van der Waals surface area contributed by atoms with Gasteiger partial charge in [-0.05, 0) is 75.4 Å². The average Bonchev–Trinajstić information content (AvgIpc) is 2.66. The van der Waals surface area contributed by atoms with Crippen LogP contribution in [0.3, 0.4) is 0 Å². The van der Waals surface area contributed by atoms with E-state index in [0.717, 1.165) is 12.1 Å². The number of hydrogen-bond acceptors (Lipinski definition) is 5. The normalized spacial score (nSPS) is 11.8. The monoisotopic (exact) mass is 454 g/mol. The molecular formula is C21H27ClN2O5S. The van der Waals surface area contributed by atoms with E-state index in [1.54, 1.807) is 43.4 Å². The standard InChI is InChI=1S/C21H27ClN2O5S/c1-15-6-8-17(30(27,28)24(4)11-5-10-23(2)3)13-18(15)19-12-16(22)7-9-20(19)29-14-21(25)26/h6-9,12-13H,5,10-11,14H2,1-4H3,(H,25,26). The molecule has 1 N–H and O–H groups in total. The Morgan fingerprint density at radius 3 is 2.40 bits per heavy atom. The molecule has 0 spiro atoms. The van der Waals surface area contributed by atoms with Crippen LogP contribution in [0.5, 0.6) is 5.75 Å². The van der Waals surface area contributed by atoms with Crippen molar-refractivity contribution in [1.82, 2.24) is 9.21 Å². The Morgan fingerprint density at radius 2 is 1.77 bits per heavy atom. The molecule has 0 amide bonds. The number of carboxylic acid groups (broad SMARTS) is 1. The van der Waals surface area contributed by atoms with Crippen LogP contribution in [-0.4, -0.2) is 69.5 Å². The summed E-state index contributed by atoms with van der Waals surface area (Å²) in [6.07, 6.45) is 0.711. The molecule has 0 saturated carbocycles. The van der Waals surface area contributed by atoms with Crippen molar-refractivity contribution in [3.8, 4) is 16.9 Å². The number of ether oxygens (including phenoxy) is 1. The van der Waals surface area contributed by atoms with Gasteiger partial charge < -0.3 is 14.7 Å². The largest absolute Gasteiger partial charge is 0.481 e. The van der Waals surface area contributed by atoms with Gasteiger partial charge in [0.2, 0.25) is 10.0 Å². The Morgan fingerprint density at radius 1 is 1.07 bits per heavy atom. The third-order valence-electron chi connectivity index (χ3n) is 4.58. The molecule has 0 aliphatic rings. The van der Waals surface area contributed by atoms with Gasteiger partial charge in [-0.2, -0.15) is 0 Å². The number of aryl methyl sites for hydroxylation is 1. The van der Waals surface area contributed by atoms with Crippen LogP contribution in [-0.2, 0) is 14.8 Å². The molecule has 0 aromatic heterocycles. The van der Waals surface area contributed by atoms with Gasteiger partial charge in [0, 0.05) is 24.2 Å². The van der Waals surface area contributed by atoms with Crippen molar-refractivity contribution in [3.63, 3.8) is 0 Å². The molecule has 164 valence electrons. The van der Waals surface area contributed by atoms with Crippen LogP contribution in [0.1, 0.15) is 12.0 Å². The van der Waals surface area contributed by atoms with E-state index in [4.69, 9.17) is 21.4 Å². The van der Waals surface area contributed by atoms with Crippen LogP contribution in [0.4, 0.5) is 0 Å². The molecule has 0 fully saturated rings. The fraction of sp³-hybridized carbons (Fsp3) is 0.381. The minimum absolute atomic E-state index is 0.152. The van der Waals surface area contributed by atoms with Gasteiger partial charge in [-0.1, -0.05) is 17.7 Å². The van der Waals surface area contributed by atoms with Crippen molar-refractivity contribution in [2.75, 3.05) is 40.8 Å². The highest BCUT2D eigenvalue weighted by Crippen LogP contribution is 2.36. The minimum Gasteiger partial charge on any atom is -0.481 e. The molecular weight excluding hydrogens is 428 g/mol. The van der Waals surface area contributed by atoms with Crippen LogP contribution in [0.25, 0.3) is 11.1 Å². The lowest BCUT2D eigenvalue weighted by Crippen LogP contribution is -2.30. The van der Waals surface area contributed by atoms with Crippen molar-refractivity contribution in [2.24, 2.45) is 0 Å². The number of rotatable bonds is 10. The average molecular weight is 455 g/mol. The number of hydrogen-bond donors (Lipinski definition) is 1. The van der Waals surface area contributed by atoms with Crippen molar-refractivity contribution >= 4 is 27.6 Å². The zero-order valence-electron chi connectivity index (χ0n) is 17.6. The third-order valence-corrected chi connectivity index (χ3v) is 6.67. The Bertz CT molecular complexity index is 1010. The van der Waals surface area contributed by atoms with E-state index < -0.39 is 22.6 Å². The number of carboxylic acids is 1. The second kappa shape index (κ2) is 10.3. The van der Waals surface area contributed by atoms with Gasteiger partial charge in [0.15, 0.2) is 6.61 Å². The zero-order chi connectivity index (χ0) is 22.5. The molecule has 0 unspecified atom stereocenters. The van der Waals surface area contributed by atoms with Crippen molar-refractivity contribution in [3.05, 3.63) is 47.0 Å². The number of carbonyl (C=O) groups is 1. The van der Waals surface area contributed by atoms with Gasteiger partial charge in [-0.25, -0.2) is 17.5 Å². The minimum atomic E-state index is -3.69. The van der Waals surface area contributed by atoms with E-state index in [0.29, 0.717) is 34.9 Å². The summed E-state index contributed by atoms with van der Waals surface area (Å²) in [6.45, 7) is 2.51. The summed E-state index contributed by atoms with van der Waals surface area (Å²) in [6, 6.07) is 9.67. The van der Waals surface area contributed by atoms with Gasteiger partial charge >= 0.3 is 5.97 Å². The molecule has 7 nitrogen and oxygen atoms in total. The van der Waals surface area contributed by atoms with Crippen LogP contribution in [0.2, 0.25) is 5.02 Å². The van der Waals surface area contributed by atoms with Crippen molar-refractivity contribution in [1.29, 1.82) is 0 Å². The van der Waals surface area contributed by atoms with Crippen molar-refractivity contribution < 1.29 is 23.1 Å². The Balaban J connectivity index is 2.42. The first-order valence-corrected chi connectivity index (χ1v) is 11.2. The number of aliphatic carboxylic acids is 1. The summed E-state index contributed by atoms with van der Waals surface area (Å²) < 4.78 is 32.8. The number of sulfonamides is 1. The van der Waals surface area contributed by atoms with Crippen LogP contribution < -0.4 is 4.74 Å². The van der Waals surface area contributed by atoms with Gasteiger partial charge in [-0.3, -0.25) is 0 Å². The number of benzene rings is 2. The maximum atomic E-state index is 13.0. The summed E-state index contributed by atoms with van der Waals surface area (Å²) >= 11 is 6.14. The SMILES string of the molecule is Cc1ccc(S(=O)(=O)N(C)CCCN(C)C)cc1-c1cc(Cl)ccc1OCC(=O)O. The van der Waals surface area contributed by atoms with E-state index in [9.17, 15) is 13.2 Å². The third kappa shape index (κ3) is 6.18. The Kier molecular flexibility index (Phi) is 8.25. The Hall–Kier alpha value is -2.13. The fourth-order valence-electron chi connectivity index (χ4n) is 2.94. The summed E-state index contributed by atoms with van der Waals surface area (Å²) in [5, 5.41) is 9.36. The van der Waals surface area contributed by atoms with Crippen LogP contribution in [0, 0.1) is 6.92 Å². The van der Waals surface area contributed by atoms with Gasteiger partial charge in [-0.15, -0.1) is 0 Å². The zero-order valence-corrected chi connectivity index (χ0v) is 19.1. The second-order valence-corrected chi connectivity index (χ2v) is 9.76. The second-order valence-electron chi connectivity index (χ2n) is 7.28. The molecule has 9 heteroatoms. The van der Waals surface area contributed by atoms with E-state index in [-0.39, 0.29) is 4.90 Å². The molecule has 0 aliphatic carbocycles. The number of nitrogens with zero attached hydrogens (tertiary/aromatic N) is 2. The van der Waals surface area contributed by atoms with Gasteiger partial charge in [0.1, 0.15) is 5.75 Å². The lowest BCUT2D eigenvalue weighted by atomic mass is 10.00. The summed E-state index contributed by atoms with van der Waals surface area (Å²) in [5.74, 6) is -0.790. The van der Waals surface area contributed by atoms with E-state index in [1.165, 1.54) is 4.31 Å². The maximum Gasteiger partial charge on any atom is 0.341 e. The highest BCUT2D eigenvalue weighted by Gasteiger charge is 2.22. The van der Waals surface area contributed by atoms with Crippen molar-refractivity contribution in [2.45, 2.75) is 18.2 Å². The lowest BCUT2D eigenvalue weighted by molar-refractivity contribution is -0.139. The first-order chi connectivity index (χ1) is 14.0. The van der Waals surface area contributed by atoms with Gasteiger partial charge in [0.25, 0.3) is 0 Å². The topological polar surface area (TPSA) is 87.2 Å². The van der Waals surface area contributed by atoms with E-state index >= 15 is 0 Å². The molecule has 2 aromatic carbocycles. The molecule has 2 aromatic rings. The molecule has 0 atom stereocenters. The lowest BCUT2D eigenvalue weighted by Gasteiger charge is -2.20. The highest BCUT2D eigenvalue weighted by atomic mass is 35.5. The first-order valence-electron chi connectivity index (χ1n) is 9.38.